The molecule has 2 rings (SSSR count). The topological polar surface area (TPSA) is 75.4 Å². The van der Waals surface area contributed by atoms with Gasteiger partial charge in [-0.3, -0.25) is 14.3 Å². The molecule has 1 aliphatic heterocycles. The lowest BCUT2D eigenvalue weighted by molar-refractivity contribution is -0.136. The van der Waals surface area contributed by atoms with E-state index in [4.69, 9.17) is 5.11 Å². The molecule has 1 fully saturated rings. The molecule has 1 N–H and O–H groups in total. The van der Waals surface area contributed by atoms with Crippen LogP contribution >= 0.6 is 0 Å². The minimum absolute atomic E-state index is 0.0440. The summed E-state index contributed by atoms with van der Waals surface area (Å²) < 4.78 is 1.68. The summed E-state index contributed by atoms with van der Waals surface area (Å²) in [5.74, 6) is -0.835. The number of likely N-dealkylation sites (N-methyl/N-ethyl adjacent to an activating group) is 1. The molecule has 6 heteroatoms. The first-order chi connectivity index (χ1) is 8.41. The van der Waals surface area contributed by atoms with E-state index in [0.717, 1.165) is 18.7 Å². The van der Waals surface area contributed by atoms with Crippen molar-refractivity contribution in [1.29, 1.82) is 0 Å². The minimum atomic E-state index is -0.879. The van der Waals surface area contributed by atoms with E-state index in [1.165, 1.54) is 0 Å². The van der Waals surface area contributed by atoms with Gasteiger partial charge in [0.15, 0.2) is 0 Å². The number of likely N-dealkylation sites (tertiary alicyclic amines) is 1. The first kappa shape index (κ1) is 12.6. The Balaban J connectivity index is 2.35. The largest absolute Gasteiger partial charge is 0.481 e. The fraction of sp³-hybridized carbons (Fsp3) is 0.583. The van der Waals surface area contributed by atoms with Crippen LogP contribution in [0.15, 0.2) is 0 Å². The third-order valence-electron chi connectivity index (χ3n) is 3.50. The van der Waals surface area contributed by atoms with Gasteiger partial charge in [0.1, 0.15) is 6.04 Å². The van der Waals surface area contributed by atoms with Crippen molar-refractivity contribution < 1.29 is 14.7 Å². The van der Waals surface area contributed by atoms with Crippen LogP contribution in [0, 0.1) is 13.8 Å². The van der Waals surface area contributed by atoms with Crippen LogP contribution in [0.3, 0.4) is 0 Å². The van der Waals surface area contributed by atoms with E-state index in [1.807, 2.05) is 6.92 Å². The van der Waals surface area contributed by atoms with E-state index in [0.29, 0.717) is 11.3 Å². The average Bonchev–Trinajstić information content (AvgIpc) is 2.74. The van der Waals surface area contributed by atoms with Gasteiger partial charge in [-0.05, 0) is 20.3 Å². The SMILES string of the molecule is Cc1nn(C2CCN(C)C2=O)c(C)c1CC(=O)O. The van der Waals surface area contributed by atoms with E-state index in [-0.39, 0.29) is 18.4 Å². The zero-order chi connectivity index (χ0) is 13.4. The number of aliphatic carboxylic acids is 1. The van der Waals surface area contributed by atoms with E-state index < -0.39 is 5.97 Å². The number of carboxylic acid groups (broad SMARTS) is 1. The number of carboxylic acids is 1. The molecule has 1 aliphatic rings. The summed E-state index contributed by atoms with van der Waals surface area (Å²) in [6.45, 7) is 4.32. The molecule has 1 aromatic rings. The van der Waals surface area contributed by atoms with Crippen molar-refractivity contribution in [3.63, 3.8) is 0 Å². The molecule has 0 radical (unpaired) electrons. The maximum absolute atomic E-state index is 11.9. The third-order valence-corrected chi connectivity index (χ3v) is 3.50. The van der Waals surface area contributed by atoms with Gasteiger partial charge < -0.3 is 10.0 Å². The number of aryl methyl sites for hydroxylation is 1. The van der Waals surface area contributed by atoms with Crippen LogP contribution in [0.4, 0.5) is 0 Å². The quantitative estimate of drug-likeness (QED) is 0.850. The summed E-state index contributed by atoms with van der Waals surface area (Å²) in [6, 6.07) is -0.281. The highest BCUT2D eigenvalue weighted by Gasteiger charge is 2.33. The van der Waals surface area contributed by atoms with Crippen LogP contribution in [-0.2, 0) is 16.0 Å². The lowest BCUT2D eigenvalue weighted by atomic mass is 10.1. The van der Waals surface area contributed by atoms with Gasteiger partial charge in [-0.25, -0.2) is 0 Å². The fourth-order valence-corrected chi connectivity index (χ4v) is 2.44. The third kappa shape index (κ3) is 1.98. The van der Waals surface area contributed by atoms with Crippen molar-refractivity contribution in [3.05, 3.63) is 17.0 Å². The van der Waals surface area contributed by atoms with Crippen molar-refractivity contribution in [1.82, 2.24) is 14.7 Å². The van der Waals surface area contributed by atoms with Gasteiger partial charge in [-0.1, -0.05) is 0 Å². The maximum Gasteiger partial charge on any atom is 0.307 e. The predicted octanol–water partition coefficient (Wildman–Crippen LogP) is 0.530. The molecule has 1 amide bonds. The summed E-state index contributed by atoms with van der Waals surface area (Å²) >= 11 is 0. The Labute approximate surface area is 105 Å². The van der Waals surface area contributed by atoms with E-state index >= 15 is 0 Å². The summed E-state index contributed by atoms with van der Waals surface area (Å²) in [7, 11) is 1.77. The van der Waals surface area contributed by atoms with Crippen LogP contribution in [0.1, 0.15) is 29.4 Å². The fourth-order valence-electron chi connectivity index (χ4n) is 2.44. The number of amides is 1. The lowest BCUT2D eigenvalue weighted by Gasteiger charge is -2.12. The molecule has 1 aromatic heterocycles. The Morgan fingerprint density at radius 1 is 1.50 bits per heavy atom. The first-order valence-corrected chi connectivity index (χ1v) is 5.93. The van der Waals surface area contributed by atoms with Crippen molar-refractivity contribution in [2.75, 3.05) is 13.6 Å². The number of carbonyl (C=O) groups excluding carboxylic acids is 1. The van der Waals surface area contributed by atoms with Gasteiger partial charge in [-0.2, -0.15) is 5.10 Å². The Morgan fingerprint density at radius 3 is 2.67 bits per heavy atom. The second-order valence-corrected chi connectivity index (χ2v) is 4.73. The average molecular weight is 251 g/mol. The smallest absolute Gasteiger partial charge is 0.307 e. The van der Waals surface area contributed by atoms with Crippen molar-refractivity contribution >= 4 is 11.9 Å². The number of nitrogens with zero attached hydrogens (tertiary/aromatic N) is 3. The molecule has 2 heterocycles. The zero-order valence-corrected chi connectivity index (χ0v) is 10.8. The molecule has 6 nitrogen and oxygen atoms in total. The Morgan fingerprint density at radius 2 is 2.17 bits per heavy atom. The number of aromatic nitrogens is 2. The van der Waals surface area contributed by atoms with Gasteiger partial charge >= 0.3 is 5.97 Å². The monoisotopic (exact) mass is 251 g/mol. The molecule has 0 saturated carbocycles. The molecule has 0 aliphatic carbocycles. The molecule has 18 heavy (non-hydrogen) atoms. The van der Waals surface area contributed by atoms with Gasteiger partial charge in [0, 0.05) is 24.8 Å². The molecular weight excluding hydrogens is 234 g/mol. The molecule has 0 aromatic carbocycles. The van der Waals surface area contributed by atoms with Crippen LogP contribution in [-0.4, -0.2) is 45.3 Å². The Hall–Kier alpha value is -1.85. The molecule has 1 atom stereocenters. The molecule has 0 bridgehead atoms. The van der Waals surface area contributed by atoms with Crippen LogP contribution in [0.5, 0.6) is 0 Å². The molecule has 1 unspecified atom stereocenters. The van der Waals surface area contributed by atoms with E-state index in [9.17, 15) is 9.59 Å². The zero-order valence-electron chi connectivity index (χ0n) is 10.8. The second-order valence-electron chi connectivity index (χ2n) is 4.73. The highest BCUT2D eigenvalue weighted by molar-refractivity contribution is 5.82. The van der Waals surface area contributed by atoms with Gasteiger partial charge in [0.2, 0.25) is 5.91 Å². The lowest BCUT2D eigenvalue weighted by Crippen LogP contribution is -2.25. The number of carbonyl (C=O) groups is 2. The normalized spacial score (nSPS) is 19.6. The Bertz CT molecular complexity index is 507. The summed E-state index contributed by atoms with van der Waals surface area (Å²) in [5, 5.41) is 13.2. The minimum Gasteiger partial charge on any atom is -0.481 e. The molecule has 98 valence electrons. The van der Waals surface area contributed by atoms with Crippen molar-refractivity contribution in [2.24, 2.45) is 0 Å². The van der Waals surface area contributed by atoms with Crippen molar-refractivity contribution in [3.8, 4) is 0 Å². The van der Waals surface area contributed by atoms with Crippen LogP contribution < -0.4 is 0 Å². The molecular formula is C12H17N3O3. The second kappa shape index (κ2) is 4.44. The number of hydrogen-bond donors (Lipinski definition) is 1. The van der Waals surface area contributed by atoms with Crippen LogP contribution in [0.2, 0.25) is 0 Å². The van der Waals surface area contributed by atoms with E-state index in [1.54, 1.807) is 23.6 Å². The molecule has 0 spiro atoms. The standard InChI is InChI=1S/C12H17N3O3/c1-7-9(6-11(16)17)8(2)15(13-7)10-4-5-14(3)12(10)18/h10H,4-6H2,1-3H3,(H,16,17). The van der Waals surface area contributed by atoms with Gasteiger partial charge in [-0.15, -0.1) is 0 Å². The van der Waals surface area contributed by atoms with E-state index in [2.05, 4.69) is 5.10 Å². The number of hydrogen-bond acceptors (Lipinski definition) is 3. The van der Waals surface area contributed by atoms with Gasteiger partial charge in [0.25, 0.3) is 0 Å². The predicted molar refractivity (Wildman–Crippen MR) is 64.3 cm³/mol. The first-order valence-electron chi connectivity index (χ1n) is 5.93. The Kier molecular flexibility index (Phi) is 3.11. The molecule has 1 saturated heterocycles. The summed E-state index contributed by atoms with van der Waals surface area (Å²) in [4.78, 5) is 24.4. The van der Waals surface area contributed by atoms with Crippen molar-refractivity contribution in [2.45, 2.75) is 32.7 Å². The van der Waals surface area contributed by atoms with Gasteiger partial charge in [0.05, 0.1) is 12.1 Å². The number of rotatable bonds is 3. The summed E-state index contributed by atoms with van der Waals surface area (Å²) in [5.41, 5.74) is 2.19. The maximum atomic E-state index is 11.9. The summed E-state index contributed by atoms with van der Waals surface area (Å²) in [6.07, 6.45) is 0.679. The van der Waals surface area contributed by atoms with Crippen LogP contribution in [0.25, 0.3) is 0 Å². The highest BCUT2D eigenvalue weighted by Crippen LogP contribution is 2.25. The highest BCUT2D eigenvalue weighted by atomic mass is 16.4.